The topological polar surface area (TPSA) is 123 Å². The third-order valence-corrected chi connectivity index (χ3v) is 8.14. The molecule has 0 aliphatic carbocycles. The summed E-state index contributed by atoms with van der Waals surface area (Å²) in [5, 5.41) is 7.96. The first-order valence-electron chi connectivity index (χ1n) is 15.9. The molecule has 252 valence electrons. The zero-order chi connectivity index (χ0) is 33.9. The summed E-state index contributed by atoms with van der Waals surface area (Å²) >= 11 is 6.16. The number of fused-ring (bicyclic) bond motifs is 1. The molecule has 1 fully saturated rings. The van der Waals surface area contributed by atoms with Crippen LogP contribution in [0.1, 0.15) is 76.0 Å². The SMILES string of the molecule is CCN(C(=O)c1cc(F)ccc1Oc1nnc(Cl)nc1N1CCC(Oc2ccnc3c2CCN(C(=O)OC(C)(C)C)C3)CC1)C(C)C. The number of nitrogens with zero attached hydrogens (tertiary/aromatic N) is 7. The molecule has 2 aromatic heterocycles. The van der Waals surface area contributed by atoms with Crippen molar-refractivity contribution in [3.63, 3.8) is 0 Å². The molecule has 1 aromatic carbocycles. The maximum absolute atomic E-state index is 14.3. The summed E-state index contributed by atoms with van der Waals surface area (Å²) in [5.74, 6) is 0.414. The van der Waals surface area contributed by atoms with Crippen molar-refractivity contribution in [1.29, 1.82) is 0 Å². The lowest BCUT2D eigenvalue weighted by Crippen LogP contribution is -2.41. The Morgan fingerprint density at radius 1 is 1.11 bits per heavy atom. The molecule has 2 aliphatic rings. The largest absolute Gasteiger partial charge is 0.490 e. The molecular weight excluding hydrogens is 629 g/mol. The number of amides is 2. The van der Waals surface area contributed by atoms with E-state index in [0.717, 1.165) is 23.1 Å². The molecular formula is C33H41ClFN7O5. The molecule has 14 heteroatoms. The van der Waals surface area contributed by atoms with Gasteiger partial charge in [-0.3, -0.25) is 9.78 Å². The summed E-state index contributed by atoms with van der Waals surface area (Å²) in [6.07, 6.45) is 3.23. The second-order valence-corrected chi connectivity index (χ2v) is 13.2. The Balaban J connectivity index is 1.27. The number of halogens is 2. The molecule has 2 amide bonds. The second kappa shape index (κ2) is 14.2. The highest BCUT2D eigenvalue weighted by molar-refractivity contribution is 6.28. The molecule has 47 heavy (non-hydrogen) atoms. The molecule has 0 bridgehead atoms. The normalized spacial score (nSPS) is 15.3. The Bertz CT molecular complexity index is 1610. The zero-order valence-corrected chi connectivity index (χ0v) is 28.4. The van der Waals surface area contributed by atoms with Crippen LogP contribution in [0.3, 0.4) is 0 Å². The van der Waals surface area contributed by atoms with Crippen LogP contribution in [0, 0.1) is 5.82 Å². The monoisotopic (exact) mass is 669 g/mol. The van der Waals surface area contributed by atoms with Gasteiger partial charge in [-0.25, -0.2) is 9.18 Å². The molecule has 0 unspecified atom stereocenters. The number of hydrogen-bond donors (Lipinski definition) is 0. The van der Waals surface area contributed by atoms with Gasteiger partial charge in [0, 0.05) is 56.8 Å². The van der Waals surface area contributed by atoms with Crippen molar-refractivity contribution in [3.05, 3.63) is 58.4 Å². The van der Waals surface area contributed by atoms with Gasteiger partial charge in [-0.1, -0.05) is 0 Å². The van der Waals surface area contributed by atoms with Crippen molar-refractivity contribution in [2.45, 2.75) is 85.1 Å². The summed E-state index contributed by atoms with van der Waals surface area (Å²) in [7, 11) is 0. The van der Waals surface area contributed by atoms with E-state index in [1.165, 1.54) is 12.1 Å². The van der Waals surface area contributed by atoms with Gasteiger partial charge in [-0.2, -0.15) is 4.98 Å². The lowest BCUT2D eigenvalue weighted by molar-refractivity contribution is 0.0218. The van der Waals surface area contributed by atoms with Gasteiger partial charge in [0.2, 0.25) is 5.28 Å². The summed E-state index contributed by atoms with van der Waals surface area (Å²) in [4.78, 5) is 40.2. The molecule has 0 N–H and O–H groups in total. The summed E-state index contributed by atoms with van der Waals surface area (Å²) < 4.78 is 32.4. The van der Waals surface area contributed by atoms with Crippen LogP contribution in [0.5, 0.6) is 17.4 Å². The first-order valence-corrected chi connectivity index (χ1v) is 16.3. The van der Waals surface area contributed by atoms with Crippen LogP contribution in [-0.4, -0.2) is 85.9 Å². The van der Waals surface area contributed by atoms with Crippen LogP contribution >= 0.6 is 11.6 Å². The van der Waals surface area contributed by atoms with E-state index in [2.05, 4.69) is 20.2 Å². The Hall–Kier alpha value is -4.26. The Kier molecular flexibility index (Phi) is 10.3. The highest BCUT2D eigenvalue weighted by Crippen LogP contribution is 2.35. The number of ether oxygens (including phenoxy) is 3. The minimum Gasteiger partial charge on any atom is -0.490 e. The third-order valence-electron chi connectivity index (χ3n) is 7.98. The smallest absolute Gasteiger partial charge is 0.410 e. The molecule has 0 spiro atoms. The summed E-state index contributed by atoms with van der Waals surface area (Å²) in [5.41, 5.74) is 1.30. The molecule has 4 heterocycles. The number of benzene rings is 1. The molecule has 5 rings (SSSR count). The predicted molar refractivity (Wildman–Crippen MR) is 174 cm³/mol. The van der Waals surface area contributed by atoms with E-state index in [9.17, 15) is 14.0 Å². The quantitative estimate of drug-likeness (QED) is 0.280. The number of carbonyl (C=O) groups excluding carboxylic acids is 2. The number of hydrogen-bond acceptors (Lipinski definition) is 10. The van der Waals surface area contributed by atoms with Crippen molar-refractivity contribution < 1.29 is 28.2 Å². The van der Waals surface area contributed by atoms with Crippen molar-refractivity contribution in [2.75, 3.05) is 31.1 Å². The van der Waals surface area contributed by atoms with Crippen LogP contribution in [0.2, 0.25) is 5.28 Å². The first kappa shape index (κ1) is 34.1. The van der Waals surface area contributed by atoms with E-state index < -0.39 is 11.4 Å². The van der Waals surface area contributed by atoms with Gasteiger partial charge >= 0.3 is 6.09 Å². The fourth-order valence-electron chi connectivity index (χ4n) is 5.71. The van der Waals surface area contributed by atoms with Crippen molar-refractivity contribution in [2.24, 2.45) is 0 Å². The van der Waals surface area contributed by atoms with E-state index >= 15 is 0 Å². The fraction of sp³-hybridized carbons (Fsp3) is 0.515. The lowest BCUT2D eigenvalue weighted by Gasteiger charge is -2.34. The van der Waals surface area contributed by atoms with E-state index in [4.69, 9.17) is 25.8 Å². The Morgan fingerprint density at radius 2 is 1.85 bits per heavy atom. The maximum atomic E-state index is 14.3. The van der Waals surface area contributed by atoms with Gasteiger partial charge in [0.25, 0.3) is 11.8 Å². The summed E-state index contributed by atoms with van der Waals surface area (Å²) in [6.45, 7) is 13.6. The van der Waals surface area contributed by atoms with Crippen molar-refractivity contribution in [1.82, 2.24) is 30.0 Å². The average Bonchev–Trinajstić information content (AvgIpc) is 3.02. The molecule has 0 saturated carbocycles. The molecule has 0 radical (unpaired) electrons. The minimum absolute atomic E-state index is 0.0538. The highest BCUT2D eigenvalue weighted by atomic mass is 35.5. The van der Waals surface area contributed by atoms with Crippen molar-refractivity contribution in [3.8, 4) is 17.4 Å². The van der Waals surface area contributed by atoms with Gasteiger partial charge < -0.3 is 28.9 Å². The van der Waals surface area contributed by atoms with E-state index in [1.807, 2.05) is 52.5 Å². The molecule has 12 nitrogen and oxygen atoms in total. The van der Waals surface area contributed by atoms with Gasteiger partial charge in [0.15, 0.2) is 5.82 Å². The van der Waals surface area contributed by atoms with E-state index in [0.29, 0.717) is 57.8 Å². The predicted octanol–water partition coefficient (Wildman–Crippen LogP) is 6.06. The number of piperidine rings is 1. The minimum atomic E-state index is -0.572. The highest BCUT2D eigenvalue weighted by Gasteiger charge is 2.31. The third kappa shape index (κ3) is 8.19. The number of aromatic nitrogens is 4. The standard InChI is InChI=1S/C33H41ClFN7O5/c1-7-42(20(2)3)30(43)24-18-21(35)8-9-26(24)46-29-28(37-31(34)39-38-29)40-15-11-22(12-16-40)45-27-10-14-36-25-19-41(17-13-23(25)27)32(44)47-33(4,5)6/h8-10,14,18,20,22H,7,11-13,15-17,19H2,1-6H3. The molecule has 1 saturated heterocycles. The van der Waals surface area contributed by atoms with Crippen LogP contribution in [0.15, 0.2) is 30.5 Å². The molecule has 2 aliphatic heterocycles. The van der Waals surface area contributed by atoms with Crippen LogP contribution in [0.25, 0.3) is 0 Å². The van der Waals surface area contributed by atoms with Crippen LogP contribution in [0.4, 0.5) is 15.0 Å². The first-order chi connectivity index (χ1) is 22.3. The van der Waals surface area contributed by atoms with Crippen LogP contribution in [-0.2, 0) is 17.7 Å². The molecule has 3 aromatic rings. The van der Waals surface area contributed by atoms with Gasteiger partial charge in [0.1, 0.15) is 29.0 Å². The second-order valence-electron chi connectivity index (χ2n) is 12.8. The van der Waals surface area contributed by atoms with E-state index in [1.54, 1.807) is 16.0 Å². The van der Waals surface area contributed by atoms with Gasteiger partial charge in [-0.05, 0) is 83.8 Å². The van der Waals surface area contributed by atoms with E-state index in [-0.39, 0.29) is 46.6 Å². The van der Waals surface area contributed by atoms with Gasteiger partial charge in [0.05, 0.1) is 17.8 Å². The Labute approximate surface area is 279 Å². The van der Waals surface area contributed by atoms with Crippen molar-refractivity contribution >= 4 is 29.4 Å². The number of carbonyl (C=O) groups is 2. The number of pyridine rings is 1. The lowest BCUT2D eigenvalue weighted by atomic mass is 10.0. The van der Waals surface area contributed by atoms with Crippen LogP contribution < -0.4 is 14.4 Å². The zero-order valence-electron chi connectivity index (χ0n) is 27.6. The fourth-order valence-corrected chi connectivity index (χ4v) is 5.82. The summed E-state index contributed by atoms with van der Waals surface area (Å²) in [6, 6.07) is 5.57. The molecule has 0 atom stereocenters. The number of rotatable bonds is 8. The average molecular weight is 670 g/mol. The Morgan fingerprint density at radius 3 is 2.53 bits per heavy atom. The number of anilines is 1. The van der Waals surface area contributed by atoms with Gasteiger partial charge in [-0.15, -0.1) is 10.2 Å². The maximum Gasteiger partial charge on any atom is 0.410 e.